The predicted molar refractivity (Wildman–Crippen MR) is 30.3 cm³/mol. The minimum Gasteiger partial charge on any atom is -0.246 e. The Morgan fingerprint density at radius 1 is 1.25 bits per heavy atom. The van der Waals surface area contributed by atoms with Crippen LogP contribution in [0.1, 0.15) is 11.4 Å². The lowest BCUT2D eigenvalue weighted by molar-refractivity contribution is -0.380. The lowest BCUT2D eigenvalue weighted by Crippen LogP contribution is -2.03. The molecule has 8 heavy (non-hydrogen) atoms. The summed E-state index contributed by atoms with van der Waals surface area (Å²) >= 11 is 0. The molecule has 0 bridgehead atoms. The van der Waals surface area contributed by atoms with E-state index in [1.807, 2.05) is 26.2 Å². The summed E-state index contributed by atoms with van der Waals surface area (Å²) in [5.74, 6) is 0. The van der Waals surface area contributed by atoms with E-state index in [0.29, 0.717) is 0 Å². The summed E-state index contributed by atoms with van der Waals surface area (Å²) in [5, 5.41) is 0. The molecule has 42 valence electrons. The lowest BCUT2D eigenvalue weighted by atomic mass is 10.4. The van der Waals surface area contributed by atoms with E-state index < -0.39 is 0 Å². The van der Waals surface area contributed by atoms with Crippen molar-refractivity contribution in [3.8, 4) is 0 Å². The van der Waals surface area contributed by atoms with E-state index >= 15 is 0 Å². The van der Waals surface area contributed by atoms with Gasteiger partial charge in [-0.1, -0.05) is 0 Å². The highest BCUT2D eigenvalue weighted by atomic mass is 14.8. The molecule has 0 fully saturated rings. The number of aromatic amines is 1. The van der Waals surface area contributed by atoms with Gasteiger partial charge in [0.05, 0.1) is 0 Å². The van der Waals surface area contributed by atoms with Crippen molar-refractivity contribution in [2.45, 2.75) is 13.8 Å². The van der Waals surface area contributed by atoms with Crippen LogP contribution in [-0.2, 0) is 0 Å². The summed E-state index contributed by atoms with van der Waals surface area (Å²) in [6, 6.07) is 0. The Labute approximate surface area is 48.6 Å². The zero-order valence-corrected chi connectivity index (χ0v) is 5.10. The van der Waals surface area contributed by atoms with Gasteiger partial charge in [-0.05, 0) is 13.8 Å². The summed E-state index contributed by atoms with van der Waals surface area (Å²) < 4.78 is 0. The Balaban J connectivity index is 3.08. The van der Waals surface area contributed by atoms with Crippen molar-refractivity contribution in [2.75, 3.05) is 0 Å². The Bertz CT molecular complexity index is 166. The van der Waals surface area contributed by atoms with Gasteiger partial charge in [-0.3, -0.25) is 0 Å². The number of hydrogen-bond donors (Lipinski definition) is 0. The maximum Gasteiger partial charge on any atom is 0.188 e. The van der Waals surface area contributed by atoms with Gasteiger partial charge in [0.2, 0.25) is 0 Å². The van der Waals surface area contributed by atoms with Crippen LogP contribution >= 0.6 is 0 Å². The number of rotatable bonds is 0. The molecule has 0 atom stereocenters. The van der Waals surface area contributed by atoms with E-state index in [0.717, 1.165) is 11.4 Å². The van der Waals surface area contributed by atoms with Crippen molar-refractivity contribution in [1.29, 1.82) is 0 Å². The Morgan fingerprint density at radius 2 is 1.75 bits per heavy atom. The average molecular weight is 109 g/mol. The Hall–Kier alpha value is -0.920. The molecule has 2 nitrogen and oxygen atoms in total. The number of nitrogens with one attached hydrogen (secondary N) is 1. The molecule has 1 aromatic heterocycles. The second-order valence-corrected chi connectivity index (χ2v) is 1.85. The average Bonchev–Trinajstić information content (AvgIpc) is 1.64. The van der Waals surface area contributed by atoms with E-state index in [-0.39, 0.29) is 0 Å². The third-order valence-corrected chi connectivity index (χ3v) is 0.937. The fourth-order valence-corrected chi connectivity index (χ4v) is 0.626. The maximum atomic E-state index is 4.14. The predicted octanol–water partition coefficient (Wildman–Crippen LogP) is 0.513. The number of nitrogens with zero attached hydrogens (tertiary/aromatic N) is 1. The molecule has 0 spiro atoms. The van der Waals surface area contributed by atoms with Crippen molar-refractivity contribution >= 4 is 0 Å². The molecule has 1 heterocycles. The molecule has 0 saturated carbocycles. The van der Waals surface area contributed by atoms with Crippen LogP contribution in [0.2, 0.25) is 0 Å². The molecule has 1 N–H and O–H groups in total. The number of H-pyrrole nitrogens is 1. The smallest absolute Gasteiger partial charge is 0.188 e. The molecule has 0 aromatic carbocycles. The van der Waals surface area contributed by atoms with Crippen LogP contribution in [-0.4, -0.2) is 4.98 Å². The van der Waals surface area contributed by atoms with E-state index in [9.17, 15) is 0 Å². The standard InChI is InChI=1S/C6H8N2/c1-5-3-7-4-6(2)8-5/h3-4H,1-2H3/p+1. The van der Waals surface area contributed by atoms with Gasteiger partial charge in [-0.15, -0.1) is 0 Å². The SMILES string of the molecule is Cc1c[nH+]cc(C)n1. The van der Waals surface area contributed by atoms with Crippen LogP contribution in [0.3, 0.4) is 0 Å². The molecule has 0 unspecified atom stereocenters. The normalized spacial score (nSPS) is 9.25. The monoisotopic (exact) mass is 109 g/mol. The van der Waals surface area contributed by atoms with Gasteiger partial charge in [-0.2, -0.15) is 0 Å². The highest BCUT2D eigenvalue weighted by molar-refractivity contribution is 4.92. The molecular formula is C6H9N2+. The van der Waals surface area contributed by atoms with Crippen LogP contribution in [0.15, 0.2) is 12.4 Å². The lowest BCUT2D eigenvalue weighted by Gasteiger charge is -1.84. The van der Waals surface area contributed by atoms with Crippen LogP contribution in [0, 0.1) is 13.8 Å². The minimum absolute atomic E-state index is 1.03. The van der Waals surface area contributed by atoms with Gasteiger partial charge in [-0.25, -0.2) is 9.97 Å². The number of aryl methyl sites for hydroxylation is 2. The fourth-order valence-electron chi connectivity index (χ4n) is 0.626. The van der Waals surface area contributed by atoms with Gasteiger partial charge < -0.3 is 0 Å². The van der Waals surface area contributed by atoms with E-state index in [1.54, 1.807) is 0 Å². The third kappa shape index (κ3) is 1.03. The molecule has 2 heteroatoms. The van der Waals surface area contributed by atoms with Crippen molar-refractivity contribution in [3.05, 3.63) is 23.8 Å². The molecule has 1 rings (SSSR count). The number of aromatic nitrogens is 2. The molecule has 0 saturated heterocycles. The summed E-state index contributed by atoms with van der Waals surface area (Å²) in [4.78, 5) is 7.11. The molecular weight excluding hydrogens is 100 g/mol. The Kier molecular flexibility index (Phi) is 1.24. The van der Waals surface area contributed by atoms with Crippen molar-refractivity contribution in [3.63, 3.8) is 0 Å². The minimum atomic E-state index is 1.03. The van der Waals surface area contributed by atoms with Crippen molar-refractivity contribution in [1.82, 2.24) is 4.98 Å². The highest BCUT2D eigenvalue weighted by Gasteiger charge is 1.89. The first-order valence-electron chi connectivity index (χ1n) is 2.60. The molecule has 0 radical (unpaired) electrons. The largest absolute Gasteiger partial charge is 0.246 e. The van der Waals surface area contributed by atoms with E-state index in [2.05, 4.69) is 9.97 Å². The summed E-state index contributed by atoms with van der Waals surface area (Å²) in [7, 11) is 0. The molecule has 1 aromatic rings. The van der Waals surface area contributed by atoms with Gasteiger partial charge >= 0.3 is 0 Å². The molecule has 0 aliphatic heterocycles. The third-order valence-electron chi connectivity index (χ3n) is 0.937. The first kappa shape index (κ1) is 5.22. The van der Waals surface area contributed by atoms with Crippen molar-refractivity contribution in [2.24, 2.45) is 0 Å². The zero-order valence-electron chi connectivity index (χ0n) is 5.10. The summed E-state index contributed by atoms with van der Waals surface area (Å²) in [6.45, 7) is 3.92. The highest BCUT2D eigenvalue weighted by Crippen LogP contribution is 1.86. The first-order chi connectivity index (χ1) is 3.79. The molecule has 0 aliphatic carbocycles. The summed E-state index contributed by atoms with van der Waals surface area (Å²) in [5.41, 5.74) is 2.06. The van der Waals surface area contributed by atoms with Crippen molar-refractivity contribution < 1.29 is 4.98 Å². The second kappa shape index (κ2) is 1.90. The summed E-state index contributed by atoms with van der Waals surface area (Å²) in [6.07, 6.45) is 3.74. The second-order valence-electron chi connectivity index (χ2n) is 1.85. The Morgan fingerprint density at radius 3 is 2.00 bits per heavy atom. The van der Waals surface area contributed by atoms with Crippen LogP contribution in [0.4, 0.5) is 0 Å². The molecule has 0 amide bonds. The van der Waals surface area contributed by atoms with Crippen LogP contribution in [0.25, 0.3) is 0 Å². The molecule has 0 aliphatic rings. The van der Waals surface area contributed by atoms with Gasteiger partial charge in [0.25, 0.3) is 0 Å². The van der Waals surface area contributed by atoms with Gasteiger partial charge in [0.15, 0.2) is 12.4 Å². The van der Waals surface area contributed by atoms with E-state index in [4.69, 9.17) is 0 Å². The van der Waals surface area contributed by atoms with Crippen LogP contribution in [0.5, 0.6) is 0 Å². The van der Waals surface area contributed by atoms with Gasteiger partial charge in [0, 0.05) is 0 Å². The topological polar surface area (TPSA) is 27.0 Å². The number of hydrogen-bond acceptors (Lipinski definition) is 1. The first-order valence-corrected chi connectivity index (χ1v) is 2.60. The van der Waals surface area contributed by atoms with Crippen LogP contribution < -0.4 is 4.98 Å². The fraction of sp³-hybridized carbons (Fsp3) is 0.333. The zero-order chi connectivity index (χ0) is 5.98. The van der Waals surface area contributed by atoms with Gasteiger partial charge in [0.1, 0.15) is 11.4 Å². The quantitative estimate of drug-likeness (QED) is 0.477. The van der Waals surface area contributed by atoms with E-state index in [1.165, 1.54) is 0 Å². The maximum absolute atomic E-state index is 4.14.